The summed E-state index contributed by atoms with van der Waals surface area (Å²) in [6.45, 7) is 3.42. The average Bonchev–Trinajstić information content (AvgIpc) is 3.22. The summed E-state index contributed by atoms with van der Waals surface area (Å²) in [5, 5.41) is 2.88. The fraction of sp³-hybridized carbons (Fsp3) is 0.364. The van der Waals surface area contributed by atoms with E-state index in [0.29, 0.717) is 17.7 Å². The van der Waals surface area contributed by atoms with Gasteiger partial charge in [0, 0.05) is 30.8 Å². The van der Waals surface area contributed by atoms with Crippen LogP contribution in [0.1, 0.15) is 40.7 Å². The summed E-state index contributed by atoms with van der Waals surface area (Å²) in [4.78, 5) is 26.9. The van der Waals surface area contributed by atoms with Gasteiger partial charge in [-0.1, -0.05) is 12.1 Å². The van der Waals surface area contributed by atoms with Crippen molar-refractivity contribution in [2.75, 3.05) is 25.5 Å². The summed E-state index contributed by atoms with van der Waals surface area (Å²) in [6, 6.07) is 10.1. The third kappa shape index (κ3) is 4.50. The van der Waals surface area contributed by atoms with Gasteiger partial charge in [-0.05, 0) is 61.6 Å². The molecule has 148 valence electrons. The number of nitrogens with zero attached hydrogens (tertiary/aromatic N) is 1. The summed E-state index contributed by atoms with van der Waals surface area (Å²) in [6.07, 6.45) is 2.70. The van der Waals surface area contributed by atoms with Gasteiger partial charge in [-0.25, -0.2) is 4.39 Å². The summed E-state index contributed by atoms with van der Waals surface area (Å²) in [7, 11) is 1.41. The Morgan fingerprint density at radius 1 is 1.18 bits per heavy atom. The lowest BCUT2D eigenvalue weighted by molar-refractivity contribution is -0.116. The van der Waals surface area contributed by atoms with Gasteiger partial charge in [-0.3, -0.25) is 9.59 Å². The van der Waals surface area contributed by atoms with Gasteiger partial charge in [-0.15, -0.1) is 0 Å². The van der Waals surface area contributed by atoms with Gasteiger partial charge in [0.05, 0.1) is 7.11 Å². The molecule has 0 spiro atoms. The highest BCUT2D eigenvalue weighted by Gasteiger charge is 2.22. The number of carbonyl (C=O) groups excluding carboxylic acids is 2. The van der Waals surface area contributed by atoms with E-state index < -0.39 is 5.82 Å². The zero-order valence-corrected chi connectivity index (χ0v) is 16.3. The fourth-order valence-electron chi connectivity index (χ4n) is 3.43. The van der Waals surface area contributed by atoms with Gasteiger partial charge >= 0.3 is 0 Å². The summed E-state index contributed by atoms with van der Waals surface area (Å²) < 4.78 is 18.7. The van der Waals surface area contributed by atoms with Crippen LogP contribution >= 0.6 is 0 Å². The average molecular weight is 384 g/mol. The number of hydrogen-bond acceptors (Lipinski definition) is 3. The number of aryl methyl sites for hydroxylation is 1. The Balaban J connectivity index is 1.63. The Bertz CT molecular complexity index is 876. The Kier molecular flexibility index (Phi) is 6.29. The number of hydrogen-bond donors (Lipinski definition) is 1. The van der Waals surface area contributed by atoms with Crippen LogP contribution in [0.3, 0.4) is 0 Å². The first-order valence-corrected chi connectivity index (χ1v) is 9.50. The van der Waals surface area contributed by atoms with Gasteiger partial charge in [0.25, 0.3) is 5.91 Å². The van der Waals surface area contributed by atoms with Gasteiger partial charge in [-0.2, -0.15) is 0 Å². The minimum Gasteiger partial charge on any atom is -0.494 e. The van der Waals surface area contributed by atoms with Gasteiger partial charge in [0.15, 0.2) is 11.6 Å². The van der Waals surface area contributed by atoms with Gasteiger partial charge < -0.3 is 15.0 Å². The molecule has 1 saturated heterocycles. The molecule has 0 aromatic heterocycles. The predicted molar refractivity (Wildman–Crippen MR) is 106 cm³/mol. The largest absolute Gasteiger partial charge is 0.494 e. The zero-order chi connectivity index (χ0) is 20.1. The Labute approximate surface area is 164 Å². The van der Waals surface area contributed by atoms with Crippen LogP contribution in [0.4, 0.5) is 10.1 Å². The molecule has 0 bridgehead atoms. The number of likely N-dealkylation sites (tertiary alicyclic amines) is 1. The quantitative estimate of drug-likeness (QED) is 0.820. The topological polar surface area (TPSA) is 58.6 Å². The molecule has 0 aliphatic carbocycles. The van der Waals surface area contributed by atoms with Crippen molar-refractivity contribution in [3.63, 3.8) is 0 Å². The van der Waals surface area contributed by atoms with E-state index >= 15 is 0 Å². The lowest BCUT2D eigenvalue weighted by Crippen LogP contribution is -2.28. The van der Waals surface area contributed by atoms with E-state index in [9.17, 15) is 14.0 Å². The number of rotatable bonds is 6. The van der Waals surface area contributed by atoms with Crippen LogP contribution in [0, 0.1) is 12.7 Å². The molecule has 2 aromatic carbocycles. The highest BCUT2D eigenvalue weighted by atomic mass is 19.1. The number of ether oxygens (including phenoxy) is 1. The highest BCUT2D eigenvalue weighted by molar-refractivity contribution is 5.99. The van der Waals surface area contributed by atoms with Crippen molar-refractivity contribution < 1.29 is 18.7 Å². The van der Waals surface area contributed by atoms with Crippen molar-refractivity contribution in [3.05, 3.63) is 58.9 Å². The summed E-state index contributed by atoms with van der Waals surface area (Å²) >= 11 is 0. The van der Waals surface area contributed by atoms with Crippen molar-refractivity contribution in [2.24, 2.45) is 0 Å². The van der Waals surface area contributed by atoms with Gasteiger partial charge in [0.1, 0.15) is 0 Å². The molecule has 5 nitrogen and oxygen atoms in total. The smallest absolute Gasteiger partial charge is 0.254 e. The van der Waals surface area contributed by atoms with E-state index in [-0.39, 0.29) is 24.0 Å². The summed E-state index contributed by atoms with van der Waals surface area (Å²) in [5.74, 6) is -0.419. The molecule has 0 atom stereocenters. The Hall–Kier alpha value is -2.89. The van der Waals surface area contributed by atoms with Gasteiger partial charge in [0.2, 0.25) is 5.91 Å². The fourth-order valence-corrected chi connectivity index (χ4v) is 3.43. The summed E-state index contributed by atoms with van der Waals surface area (Å²) in [5.41, 5.74) is 2.75. The molecule has 28 heavy (non-hydrogen) atoms. The van der Waals surface area contributed by atoms with Crippen LogP contribution in [0.2, 0.25) is 0 Å². The number of amides is 2. The van der Waals surface area contributed by atoms with Crippen molar-refractivity contribution in [1.82, 2.24) is 4.90 Å². The lowest BCUT2D eigenvalue weighted by atomic mass is 10.0. The van der Waals surface area contributed by atoms with E-state index in [2.05, 4.69) is 5.32 Å². The molecule has 1 fully saturated rings. The van der Waals surface area contributed by atoms with Crippen molar-refractivity contribution in [1.29, 1.82) is 0 Å². The maximum atomic E-state index is 13.8. The highest BCUT2D eigenvalue weighted by Crippen LogP contribution is 2.23. The zero-order valence-electron chi connectivity index (χ0n) is 16.3. The molecule has 1 N–H and O–H groups in total. The minimum absolute atomic E-state index is 0.0137. The number of halogens is 1. The maximum absolute atomic E-state index is 13.8. The molecule has 0 saturated carbocycles. The first-order valence-electron chi connectivity index (χ1n) is 9.50. The molecule has 1 aliphatic rings. The molecule has 2 amide bonds. The van der Waals surface area contributed by atoms with Crippen molar-refractivity contribution in [2.45, 2.75) is 32.6 Å². The molecule has 2 aromatic rings. The second kappa shape index (κ2) is 8.87. The van der Waals surface area contributed by atoms with E-state index in [1.165, 1.54) is 13.2 Å². The normalized spacial score (nSPS) is 13.5. The van der Waals surface area contributed by atoms with Crippen LogP contribution in [0.25, 0.3) is 0 Å². The van der Waals surface area contributed by atoms with Crippen molar-refractivity contribution >= 4 is 17.5 Å². The number of carbonyl (C=O) groups is 2. The first kappa shape index (κ1) is 19.9. The third-order valence-electron chi connectivity index (χ3n) is 5.09. The molecule has 0 radical (unpaired) electrons. The SMILES string of the molecule is COc1ccc(CCC(=O)Nc2cccc(C(=O)N3CCCC3)c2C)cc1F. The number of benzene rings is 2. The minimum atomic E-state index is -0.440. The standard InChI is InChI=1S/C22H25FN2O3/c1-15-17(22(27)25-12-3-4-13-25)6-5-7-19(15)24-21(26)11-9-16-8-10-20(28-2)18(23)14-16/h5-8,10,14H,3-4,9,11-13H2,1-2H3,(H,24,26). The first-order chi connectivity index (χ1) is 13.5. The molecule has 6 heteroatoms. The molecular formula is C22H25FN2O3. The maximum Gasteiger partial charge on any atom is 0.254 e. The van der Waals surface area contributed by atoms with E-state index in [1.807, 2.05) is 11.8 Å². The Morgan fingerprint density at radius 2 is 1.93 bits per heavy atom. The number of anilines is 1. The number of nitrogens with one attached hydrogen (secondary N) is 1. The second-order valence-corrected chi connectivity index (χ2v) is 6.99. The molecule has 1 aliphatic heterocycles. The second-order valence-electron chi connectivity index (χ2n) is 6.99. The van der Waals surface area contributed by atoms with Crippen molar-refractivity contribution in [3.8, 4) is 5.75 Å². The molecular weight excluding hydrogens is 359 g/mol. The van der Waals surface area contributed by atoms with E-state index in [0.717, 1.165) is 37.1 Å². The Morgan fingerprint density at radius 3 is 2.61 bits per heavy atom. The molecule has 1 heterocycles. The molecule has 3 rings (SSSR count). The van der Waals surface area contributed by atoms with E-state index in [4.69, 9.17) is 4.74 Å². The lowest BCUT2D eigenvalue weighted by Gasteiger charge is -2.18. The van der Waals surface area contributed by atoms with Crippen LogP contribution < -0.4 is 10.1 Å². The number of methoxy groups -OCH3 is 1. The van der Waals surface area contributed by atoms with Crippen LogP contribution in [0.15, 0.2) is 36.4 Å². The van der Waals surface area contributed by atoms with Crippen LogP contribution in [-0.4, -0.2) is 36.9 Å². The third-order valence-corrected chi connectivity index (χ3v) is 5.09. The molecule has 0 unspecified atom stereocenters. The van der Waals surface area contributed by atoms with E-state index in [1.54, 1.807) is 30.3 Å². The van der Waals surface area contributed by atoms with Crippen LogP contribution in [-0.2, 0) is 11.2 Å². The van der Waals surface area contributed by atoms with Crippen LogP contribution in [0.5, 0.6) is 5.75 Å². The monoisotopic (exact) mass is 384 g/mol. The predicted octanol–water partition coefficient (Wildman–Crippen LogP) is 3.95.